The van der Waals surface area contributed by atoms with Crippen LogP contribution < -0.4 is 5.32 Å². The topological polar surface area (TPSA) is 71.5 Å². The van der Waals surface area contributed by atoms with Crippen molar-refractivity contribution in [2.75, 3.05) is 19.0 Å². The number of aromatic nitrogens is 1. The quantitative estimate of drug-likeness (QED) is 0.713. The number of esters is 1. The molecule has 0 saturated heterocycles. The van der Waals surface area contributed by atoms with Crippen LogP contribution in [-0.2, 0) is 11.3 Å². The number of urea groups is 1. The first-order chi connectivity index (χ1) is 12.0. The highest BCUT2D eigenvalue weighted by Gasteiger charge is 2.19. The molecule has 0 spiro atoms. The van der Waals surface area contributed by atoms with E-state index >= 15 is 0 Å². The maximum atomic E-state index is 12.6. The Hall–Kier alpha value is -1.83. The number of benzene rings is 1. The second-order valence-corrected chi connectivity index (χ2v) is 6.82. The number of amides is 2. The highest BCUT2D eigenvalue weighted by molar-refractivity contribution is 7.09. The number of methoxy groups -OCH3 is 1. The smallest absolute Gasteiger partial charge is 0.357 e. The summed E-state index contributed by atoms with van der Waals surface area (Å²) < 4.78 is 4.64. The molecule has 134 valence electrons. The average Bonchev–Trinajstić information content (AvgIpc) is 3.05. The van der Waals surface area contributed by atoms with Crippen LogP contribution in [0.1, 0.15) is 28.8 Å². The molecule has 25 heavy (non-hydrogen) atoms. The molecule has 0 saturated carbocycles. The Morgan fingerprint density at radius 3 is 2.60 bits per heavy atom. The Morgan fingerprint density at radius 2 is 2.00 bits per heavy atom. The van der Waals surface area contributed by atoms with E-state index in [-0.39, 0.29) is 18.3 Å². The second-order valence-electron chi connectivity index (χ2n) is 5.07. The largest absolute Gasteiger partial charge is 0.464 e. The summed E-state index contributed by atoms with van der Waals surface area (Å²) in [6.07, 6.45) is 0.763. The van der Waals surface area contributed by atoms with E-state index in [1.165, 1.54) is 18.4 Å². The van der Waals surface area contributed by atoms with Gasteiger partial charge in [0.15, 0.2) is 5.69 Å². The molecule has 1 aromatic heterocycles. The number of carbonyl (C=O) groups is 2. The molecular weight excluding hydrogens is 385 g/mol. The number of carbonyl (C=O) groups excluding carboxylic acids is 2. The molecule has 0 atom stereocenters. The van der Waals surface area contributed by atoms with Crippen LogP contribution in [0.25, 0.3) is 0 Å². The van der Waals surface area contributed by atoms with E-state index in [1.54, 1.807) is 28.5 Å². The molecule has 2 rings (SSSR count). The zero-order chi connectivity index (χ0) is 18.4. The number of nitrogens with one attached hydrogen (secondary N) is 1. The van der Waals surface area contributed by atoms with Crippen molar-refractivity contribution in [2.45, 2.75) is 19.9 Å². The van der Waals surface area contributed by atoms with Gasteiger partial charge in [-0.15, -0.1) is 11.3 Å². The third-order valence-corrected chi connectivity index (χ3v) is 4.71. The van der Waals surface area contributed by atoms with Crippen molar-refractivity contribution < 1.29 is 14.3 Å². The predicted molar refractivity (Wildman–Crippen MR) is 99.6 cm³/mol. The van der Waals surface area contributed by atoms with Crippen LogP contribution in [0.15, 0.2) is 23.6 Å². The van der Waals surface area contributed by atoms with Crippen LogP contribution in [0.4, 0.5) is 10.5 Å². The number of para-hydroxylation sites is 1. The summed E-state index contributed by atoms with van der Waals surface area (Å²) >= 11 is 13.5. The lowest BCUT2D eigenvalue weighted by molar-refractivity contribution is 0.0594. The molecule has 2 aromatic rings. The number of hydrogen-bond acceptors (Lipinski definition) is 5. The van der Waals surface area contributed by atoms with Crippen LogP contribution >= 0.6 is 34.5 Å². The van der Waals surface area contributed by atoms with Crippen LogP contribution in [0.2, 0.25) is 10.0 Å². The molecule has 0 radical (unpaired) electrons. The van der Waals surface area contributed by atoms with Gasteiger partial charge in [-0.2, -0.15) is 0 Å². The molecule has 0 unspecified atom stereocenters. The normalized spacial score (nSPS) is 10.4. The average molecular weight is 402 g/mol. The van der Waals surface area contributed by atoms with Crippen molar-refractivity contribution in [1.29, 1.82) is 0 Å². The zero-order valence-corrected chi connectivity index (χ0v) is 16.0. The van der Waals surface area contributed by atoms with Crippen molar-refractivity contribution in [3.05, 3.63) is 44.3 Å². The van der Waals surface area contributed by atoms with Gasteiger partial charge in [-0.1, -0.05) is 36.2 Å². The van der Waals surface area contributed by atoms with Gasteiger partial charge in [-0.05, 0) is 18.6 Å². The standard InChI is InChI=1S/C16H17Cl2N3O3S/c1-3-7-21(8-13-19-12(9-25-13)15(22)24-2)16(23)20-14-10(17)5-4-6-11(14)18/h4-6,9H,3,7-8H2,1-2H3,(H,20,23). The van der Waals surface area contributed by atoms with Crippen molar-refractivity contribution in [3.8, 4) is 0 Å². The number of halogens is 2. The molecule has 0 fully saturated rings. The van der Waals surface area contributed by atoms with Gasteiger partial charge in [0.25, 0.3) is 0 Å². The lowest BCUT2D eigenvalue weighted by Crippen LogP contribution is -2.35. The fourth-order valence-electron chi connectivity index (χ4n) is 2.07. The third kappa shape index (κ3) is 5.07. The minimum atomic E-state index is -0.503. The van der Waals surface area contributed by atoms with Crippen LogP contribution in [0.3, 0.4) is 0 Å². The SMILES string of the molecule is CCCN(Cc1nc(C(=O)OC)cs1)C(=O)Nc1c(Cl)cccc1Cl. The first-order valence-corrected chi connectivity index (χ1v) is 9.12. The molecule has 0 bridgehead atoms. The molecule has 0 aliphatic carbocycles. The van der Waals surface area contributed by atoms with Gasteiger partial charge in [0.1, 0.15) is 5.01 Å². The van der Waals surface area contributed by atoms with Crippen LogP contribution in [-0.4, -0.2) is 35.5 Å². The Morgan fingerprint density at radius 1 is 1.32 bits per heavy atom. The summed E-state index contributed by atoms with van der Waals surface area (Å²) in [5, 5.41) is 5.69. The van der Waals surface area contributed by atoms with Crippen LogP contribution in [0, 0.1) is 0 Å². The maximum Gasteiger partial charge on any atom is 0.357 e. The van der Waals surface area contributed by atoms with Crippen molar-refractivity contribution in [2.24, 2.45) is 0 Å². The highest BCUT2D eigenvalue weighted by Crippen LogP contribution is 2.30. The molecule has 1 heterocycles. The number of nitrogens with zero attached hydrogens (tertiary/aromatic N) is 2. The molecule has 2 amide bonds. The fraction of sp³-hybridized carbons (Fsp3) is 0.312. The van der Waals surface area contributed by atoms with Gasteiger partial charge in [-0.25, -0.2) is 14.6 Å². The van der Waals surface area contributed by atoms with Gasteiger partial charge in [0.2, 0.25) is 0 Å². The van der Waals surface area contributed by atoms with Gasteiger partial charge >= 0.3 is 12.0 Å². The summed E-state index contributed by atoms with van der Waals surface area (Å²) in [5.74, 6) is -0.503. The van der Waals surface area contributed by atoms with Gasteiger partial charge in [-0.3, -0.25) is 0 Å². The molecule has 1 N–H and O–H groups in total. The Labute approximate surface area is 159 Å². The second kappa shape index (κ2) is 9.03. The minimum absolute atomic E-state index is 0.230. The first-order valence-electron chi connectivity index (χ1n) is 7.49. The molecule has 9 heteroatoms. The molecule has 1 aromatic carbocycles. The Balaban J connectivity index is 2.13. The summed E-state index contributed by atoms with van der Waals surface area (Å²) in [6, 6.07) is 4.66. The van der Waals surface area contributed by atoms with E-state index < -0.39 is 5.97 Å². The van der Waals surface area contributed by atoms with E-state index in [4.69, 9.17) is 23.2 Å². The molecular formula is C16H17Cl2N3O3S. The van der Waals surface area contributed by atoms with E-state index in [0.29, 0.717) is 27.3 Å². The fourth-order valence-corrected chi connectivity index (χ4v) is 3.34. The van der Waals surface area contributed by atoms with Crippen LogP contribution in [0.5, 0.6) is 0 Å². The van der Waals surface area contributed by atoms with E-state index in [9.17, 15) is 9.59 Å². The minimum Gasteiger partial charge on any atom is -0.464 e. The Bertz CT molecular complexity index is 747. The molecule has 6 nitrogen and oxygen atoms in total. The predicted octanol–water partition coefficient (Wildman–Crippen LogP) is 4.68. The highest BCUT2D eigenvalue weighted by atomic mass is 35.5. The summed E-state index contributed by atoms with van der Waals surface area (Å²) in [5.41, 5.74) is 0.597. The van der Waals surface area contributed by atoms with Gasteiger partial charge in [0, 0.05) is 11.9 Å². The van der Waals surface area contributed by atoms with Gasteiger partial charge < -0.3 is 15.0 Å². The summed E-state index contributed by atoms with van der Waals surface area (Å²) in [6.45, 7) is 2.74. The zero-order valence-electron chi connectivity index (χ0n) is 13.7. The lowest BCUT2D eigenvalue weighted by Gasteiger charge is -2.22. The monoisotopic (exact) mass is 401 g/mol. The number of rotatable bonds is 6. The first kappa shape index (κ1) is 19.5. The number of ether oxygens (including phenoxy) is 1. The lowest BCUT2D eigenvalue weighted by atomic mass is 10.3. The van der Waals surface area contributed by atoms with Crippen molar-refractivity contribution >= 4 is 52.2 Å². The van der Waals surface area contributed by atoms with Crippen molar-refractivity contribution in [1.82, 2.24) is 9.88 Å². The van der Waals surface area contributed by atoms with E-state index in [2.05, 4.69) is 15.0 Å². The van der Waals surface area contributed by atoms with Crippen molar-refractivity contribution in [3.63, 3.8) is 0 Å². The van der Waals surface area contributed by atoms with E-state index in [0.717, 1.165) is 6.42 Å². The third-order valence-electron chi connectivity index (χ3n) is 3.25. The maximum absolute atomic E-state index is 12.6. The molecule has 0 aliphatic rings. The Kier molecular flexibility index (Phi) is 7.04. The summed E-state index contributed by atoms with van der Waals surface area (Å²) in [7, 11) is 1.30. The van der Waals surface area contributed by atoms with E-state index in [1.807, 2.05) is 6.92 Å². The number of hydrogen-bond donors (Lipinski definition) is 1. The number of anilines is 1. The summed E-state index contributed by atoms with van der Waals surface area (Å²) in [4.78, 5) is 29.9. The number of thiazole rings is 1. The molecule has 0 aliphatic heterocycles. The van der Waals surface area contributed by atoms with Gasteiger partial charge in [0.05, 0.1) is 29.4 Å².